The predicted molar refractivity (Wildman–Crippen MR) is 144 cm³/mol. The molecule has 1 saturated heterocycles. The van der Waals surface area contributed by atoms with Crippen LogP contribution in [-0.4, -0.2) is 43.1 Å². The van der Waals surface area contributed by atoms with Crippen LogP contribution in [0.1, 0.15) is 68.9 Å². The van der Waals surface area contributed by atoms with E-state index in [1.54, 1.807) is 0 Å². The Kier molecular flexibility index (Phi) is 7.88. The molecule has 0 unspecified atom stereocenters. The zero-order valence-corrected chi connectivity index (χ0v) is 21.2. The first-order chi connectivity index (χ1) is 17.1. The van der Waals surface area contributed by atoms with Gasteiger partial charge in [0.15, 0.2) is 0 Å². The number of carbonyl (C=O) groups is 1. The lowest BCUT2D eigenvalue weighted by molar-refractivity contribution is -0.118. The van der Waals surface area contributed by atoms with Crippen molar-refractivity contribution in [1.29, 1.82) is 0 Å². The van der Waals surface area contributed by atoms with E-state index in [0.29, 0.717) is 13.0 Å². The van der Waals surface area contributed by atoms with Crippen molar-refractivity contribution >= 4 is 12.0 Å². The number of piperidine rings is 1. The van der Waals surface area contributed by atoms with Gasteiger partial charge in [-0.05, 0) is 68.0 Å². The molecule has 186 valence electrons. The maximum Gasteiger partial charge on any atom is 0.247 e. The Labute approximate surface area is 210 Å². The number of benzene rings is 2. The van der Waals surface area contributed by atoms with E-state index in [2.05, 4.69) is 53.5 Å². The van der Waals surface area contributed by atoms with Crippen molar-refractivity contribution in [2.24, 2.45) is 5.92 Å². The lowest BCUT2D eigenvalue weighted by Crippen LogP contribution is -2.45. The minimum atomic E-state index is 0.0721. The Hall–Kier alpha value is -2.59. The maximum atomic E-state index is 13.2. The fraction of sp³-hybridized carbons (Fsp3) is 0.516. The molecule has 2 fully saturated rings. The first kappa shape index (κ1) is 24.1. The largest absolute Gasteiger partial charge is 0.493 e. The van der Waals surface area contributed by atoms with Gasteiger partial charge in [0.25, 0.3) is 0 Å². The van der Waals surface area contributed by atoms with Gasteiger partial charge in [0, 0.05) is 36.7 Å². The second-order valence-electron chi connectivity index (χ2n) is 10.8. The standard InChI is InChI=1S/C31H40N2O2/c1-23-7-9-25(10-8-23)26-11-12-30-28(21-26)22-27(16-20-35-30)31(34)32-29-14-18-33(19-15-29)17-13-24-5-3-2-4-6-24/h7-12,21-22,24,29H,2-6,13-20H2,1H3,(H,32,34). The van der Waals surface area contributed by atoms with Gasteiger partial charge in [0.05, 0.1) is 6.61 Å². The molecule has 3 aliphatic rings. The molecule has 2 aromatic rings. The van der Waals surface area contributed by atoms with Gasteiger partial charge in [0.2, 0.25) is 5.91 Å². The summed E-state index contributed by atoms with van der Waals surface area (Å²) in [7, 11) is 0. The molecule has 0 radical (unpaired) electrons. The van der Waals surface area contributed by atoms with Crippen LogP contribution in [0.25, 0.3) is 17.2 Å². The molecular formula is C31H40N2O2. The number of rotatable bonds is 6. The molecule has 2 aromatic carbocycles. The number of carbonyl (C=O) groups excluding carboxylic acids is 1. The number of amides is 1. The zero-order chi connectivity index (χ0) is 24.0. The lowest BCUT2D eigenvalue weighted by atomic mass is 9.87. The summed E-state index contributed by atoms with van der Waals surface area (Å²) in [4.78, 5) is 15.8. The second-order valence-corrected chi connectivity index (χ2v) is 10.8. The van der Waals surface area contributed by atoms with Gasteiger partial charge >= 0.3 is 0 Å². The number of fused-ring (bicyclic) bond motifs is 1. The van der Waals surface area contributed by atoms with Crippen LogP contribution < -0.4 is 10.1 Å². The predicted octanol–water partition coefficient (Wildman–Crippen LogP) is 6.38. The van der Waals surface area contributed by atoms with Crippen LogP contribution in [0.2, 0.25) is 0 Å². The fourth-order valence-electron chi connectivity index (χ4n) is 5.85. The van der Waals surface area contributed by atoms with E-state index in [4.69, 9.17) is 4.74 Å². The minimum Gasteiger partial charge on any atom is -0.493 e. The first-order valence-electron chi connectivity index (χ1n) is 13.7. The zero-order valence-electron chi connectivity index (χ0n) is 21.2. The summed E-state index contributed by atoms with van der Waals surface area (Å²) in [5.74, 6) is 1.87. The third-order valence-corrected chi connectivity index (χ3v) is 8.15. The molecule has 0 atom stereocenters. The summed E-state index contributed by atoms with van der Waals surface area (Å²) in [5, 5.41) is 3.34. The van der Waals surface area contributed by atoms with Crippen LogP contribution in [-0.2, 0) is 4.79 Å². The fourth-order valence-corrected chi connectivity index (χ4v) is 5.85. The second kappa shape index (κ2) is 11.4. The number of likely N-dealkylation sites (tertiary alicyclic amines) is 1. The van der Waals surface area contributed by atoms with Crippen molar-refractivity contribution in [3.8, 4) is 16.9 Å². The van der Waals surface area contributed by atoms with Gasteiger partial charge in [-0.25, -0.2) is 0 Å². The normalized spacial score (nSPS) is 19.9. The van der Waals surface area contributed by atoms with E-state index in [1.165, 1.54) is 56.2 Å². The molecule has 4 nitrogen and oxygen atoms in total. The molecule has 0 bridgehead atoms. The van der Waals surface area contributed by atoms with Gasteiger partial charge in [-0.2, -0.15) is 0 Å². The highest BCUT2D eigenvalue weighted by Gasteiger charge is 2.24. The summed E-state index contributed by atoms with van der Waals surface area (Å²) in [5.41, 5.74) is 5.39. The van der Waals surface area contributed by atoms with Gasteiger partial charge in [-0.1, -0.05) is 68.0 Å². The van der Waals surface area contributed by atoms with Crippen LogP contribution in [0.15, 0.2) is 48.0 Å². The van der Waals surface area contributed by atoms with E-state index in [0.717, 1.165) is 54.3 Å². The van der Waals surface area contributed by atoms with Gasteiger partial charge in [0.1, 0.15) is 5.75 Å². The van der Waals surface area contributed by atoms with Crippen LogP contribution in [0.3, 0.4) is 0 Å². The highest BCUT2D eigenvalue weighted by Crippen LogP contribution is 2.31. The van der Waals surface area contributed by atoms with Crippen LogP contribution in [0.5, 0.6) is 5.75 Å². The summed E-state index contributed by atoms with van der Waals surface area (Å²) < 4.78 is 5.98. The SMILES string of the molecule is Cc1ccc(-c2ccc3c(c2)C=C(C(=O)NC2CCN(CCC4CCCCC4)CC2)CCO3)cc1. The number of hydrogen-bond donors (Lipinski definition) is 1. The van der Waals surface area contributed by atoms with Crippen molar-refractivity contribution in [1.82, 2.24) is 10.2 Å². The van der Waals surface area contributed by atoms with Crippen LogP contribution in [0.4, 0.5) is 0 Å². The van der Waals surface area contributed by atoms with E-state index >= 15 is 0 Å². The molecule has 2 heterocycles. The molecule has 0 aromatic heterocycles. The average Bonchev–Trinajstić information content (AvgIpc) is 3.11. The molecule has 0 spiro atoms. The maximum absolute atomic E-state index is 13.2. The van der Waals surface area contributed by atoms with Crippen LogP contribution >= 0.6 is 0 Å². The molecule has 1 aliphatic carbocycles. The van der Waals surface area contributed by atoms with E-state index in [-0.39, 0.29) is 11.9 Å². The summed E-state index contributed by atoms with van der Waals surface area (Å²) >= 11 is 0. The quantitative estimate of drug-likeness (QED) is 0.530. The van der Waals surface area contributed by atoms with Gasteiger partial charge < -0.3 is 15.0 Å². The average molecular weight is 473 g/mol. The molecule has 1 N–H and O–H groups in total. The Morgan fingerprint density at radius 1 is 0.971 bits per heavy atom. The van der Waals surface area contributed by atoms with Crippen molar-refractivity contribution in [3.05, 3.63) is 59.2 Å². The van der Waals surface area contributed by atoms with Gasteiger partial charge in [-0.3, -0.25) is 4.79 Å². The monoisotopic (exact) mass is 472 g/mol. The van der Waals surface area contributed by atoms with Crippen molar-refractivity contribution < 1.29 is 9.53 Å². The number of nitrogens with zero attached hydrogens (tertiary/aromatic N) is 1. The third-order valence-electron chi connectivity index (χ3n) is 8.15. The van der Waals surface area contributed by atoms with Crippen LogP contribution in [0, 0.1) is 12.8 Å². The number of ether oxygens (including phenoxy) is 1. The molecule has 1 saturated carbocycles. The van der Waals surface area contributed by atoms with E-state index in [1.807, 2.05) is 12.1 Å². The Morgan fingerprint density at radius 3 is 2.49 bits per heavy atom. The molecular weight excluding hydrogens is 432 g/mol. The molecule has 2 aliphatic heterocycles. The molecule has 1 amide bonds. The molecule has 5 rings (SSSR count). The third kappa shape index (κ3) is 6.35. The smallest absolute Gasteiger partial charge is 0.247 e. The van der Waals surface area contributed by atoms with Crippen molar-refractivity contribution in [2.75, 3.05) is 26.2 Å². The number of hydrogen-bond acceptors (Lipinski definition) is 3. The highest BCUT2D eigenvalue weighted by atomic mass is 16.5. The van der Waals surface area contributed by atoms with Gasteiger partial charge in [-0.15, -0.1) is 0 Å². The summed E-state index contributed by atoms with van der Waals surface area (Å²) in [6.07, 6.45) is 13.3. The highest BCUT2D eigenvalue weighted by molar-refractivity contribution is 5.98. The first-order valence-corrected chi connectivity index (χ1v) is 13.7. The van der Waals surface area contributed by atoms with Crippen molar-refractivity contribution in [3.63, 3.8) is 0 Å². The Balaban J connectivity index is 1.17. The minimum absolute atomic E-state index is 0.0721. The molecule has 4 heteroatoms. The number of aryl methyl sites for hydroxylation is 1. The lowest BCUT2D eigenvalue weighted by Gasteiger charge is -2.33. The Morgan fingerprint density at radius 2 is 1.71 bits per heavy atom. The van der Waals surface area contributed by atoms with E-state index in [9.17, 15) is 4.79 Å². The van der Waals surface area contributed by atoms with Crippen molar-refractivity contribution in [2.45, 2.75) is 70.8 Å². The number of nitrogens with one attached hydrogen (secondary N) is 1. The molecule has 35 heavy (non-hydrogen) atoms. The topological polar surface area (TPSA) is 41.6 Å². The Bertz CT molecular complexity index is 1030. The summed E-state index contributed by atoms with van der Waals surface area (Å²) in [6.45, 7) is 6.07. The van der Waals surface area contributed by atoms with E-state index < -0.39 is 0 Å². The summed E-state index contributed by atoms with van der Waals surface area (Å²) in [6, 6.07) is 15.1.